The van der Waals surface area contributed by atoms with E-state index in [9.17, 15) is 9.59 Å². The fourth-order valence-corrected chi connectivity index (χ4v) is 2.72. The lowest BCUT2D eigenvalue weighted by Crippen LogP contribution is -2.33. The molecule has 0 aliphatic heterocycles. The van der Waals surface area contributed by atoms with E-state index in [1.165, 1.54) is 4.57 Å². The zero-order chi connectivity index (χ0) is 15.8. The average molecular weight is 305 g/mol. The van der Waals surface area contributed by atoms with Crippen LogP contribution in [0, 0.1) is 5.41 Å². The Balaban J connectivity index is 2.60. The van der Waals surface area contributed by atoms with Gasteiger partial charge in [0.1, 0.15) is 0 Å². The van der Waals surface area contributed by atoms with Crippen LogP contribution in [0.2, 0.25) is 0 Å². The molecule has 0 aliphatic rings. The number of primary amides is 2. The number of thioether (sulfide) groups is 1. The maximum Gasteiger partial charge on any atom is 0.323 e. The number of hydrogen-bond acceptors (Lipinski definition) is 3. The van der Waals surface area contributed by atoms with Gasteiger partial charge in [-0.25, -0.2) is 4.79 Å². The monoisotopic (exact) mass is 305 g/mol. The molecule has 1 aromatic heterocycles. The second-order valence-corrected chi connectivity index (χ2v) is 6.55. The van der Waals surface area contributed by atoms with E-state index in [4.69, 9.17) is 11.5 Å². The maximum atomic E-state index is 11.6. The summed E-state index contributed by atoms with van der Waals surface area (Å²) in [6, 6.07) is 5.32. The van der Waals surface area contributed by atoms with Crippen LogP contribution in [0.25, 0.3) is 10.9 Å². The number of nitrogens with zero attached hydrogens (tertiary/aromatic N) is 1. The predicted molar refractivity (Wildman–Crippen MR) is 85.4 cm³/mol. The molecule has 21 heavy (non-hydrogen) atoms. The number of aromatic nitrogens is 1. The highest BCUT2D eigenvalue weighted by Crippen LogP contribution is 2.30. The third kappa shape index (κ3) is 2.90. The van der Waals surface area contributed by atoms with Crippen LogP contribution in [0.5, 0.6) is 0 Å². The molecule has 2 amide bonds. The molecule has 0 radical (unpaired) electrons. The minimum absolute atomic E-state index is 0.372. The van der Waals surface area contributed by atoms with Crippen LogP contribution in [0.3, 0.4) is 0 Å². The number of hydrogen-bond donors (Lipinski definition) is 2. The molecule has 6 heteroatoms. The van der Waals surface area contributed by atoms with Crippen LogP contribution < -0.4 is 11.5 Å². The molecule has 1 heterocycles. The second-order valence-electron chi connectivity index (χ2n) is 5.67. The summed E-state index contributed by atoms with van der Waals surface area (Å²) < 4.78 is 1.42. The van der Waals surface area contributed by atoms with E-state index in [0.29, 0.717) is 6.42 Å². The van der Waals surface area contributed by atoms with Gasteiger partial charge in [0.25, 0.3) is 0 Å². The highest BCUT2D eigenvalue weighted by Gasteiger charge is 2.27. The largest absolute Gasteiger partial charge is 0.369 e. The lowest BCUT2D eigenvalue weighted by atomic mass is 9.85. The number of rotatable bonds is 4. The predicted octanol–water partition coefficient (Wildman–Crippen LogP) is 2.34. The summed E-state index contributed by atoms with van der Waals surface area (Å²) in [7, 11) is 0. The van der Waals surface area contributed by atoms with Gasteiger partial charge in [0.05, 0.1) is 5.52 Å². The Bertz CT molecular complexity index is 719. The summed E-state index contributed by atoms with van der Waals surface area (Å²) in [5.41, 5.74) is 11.8. The first-order valence-corrected chi connectivity index (χ1v) is 7.76. The van der Waals surface area contributed by atoms with E-state index >= 15 is 0 Å². The number of benzene rings is 1. The molecule has 0 fully saturated rings. The van der Waals surface area contributed by atoms with Gasteiger partial charge in [-0.1, -0.05) is 19.9 Å². The van der Waals surface area contributed by atoms with Crippen molar-refractivity contribution in [2.45, 2.75) is 25.2 Å². The molecule has 112 valence electrons. The van der Waals surface area contributed by atoms with Crippen molar-refractivity contribution >= 4 is 34.6 Å². The van der Waals surface area contributed by atoms with Gasteiger partial charge in [-0.05, 0) is 30.4 Å². The minimum atomic E-state index is -0.686. The van der Waals surface area contributed by atoms with Crippen LogP contribution in [0.1, 0.15) is 19.4 Å². The van der Waals surface area contributed by atoms with Crippen LogP contribution in [0.15, 0.2) is 29.3 Å². The smallest absolute Gasteiger partial charge is 0.323 e. The lowest BCUT2D eigenvalue weighted by molar-refractivity contribution is -0.125. The SMILES string of the molecule is CSc1ccc2c(CC(C)(C)C(N)=O)cn(C(N)=O)c2c1. The van der Waals surface area contributed by atoms with E-state index in [-0.39, 0.29) is 5.91 Å². The Morgan fingerprint density at radius 3 is 2.48 bits per heavy atom. The zero-order valence-electron chi connectivity index (χ0n) is 12.3. The summed E-state index contributed by atoms with van der Waals surface area (Å²) in [6.07, 6.45) is 4.12. The molecule has 4 N–H and O–H groups in total. The summed E-state index contributed by atoms with van der Waals surface area (Å²) in [6.45, 7) is 3.58. The van der Waals surface area contributed by atoms with E-state index in [1.807, 2.05) is 24.5 Å². The zero-order valence-corrected chi connectivity index (χ0v) is 13.2. The highest BCUT2D eigenvalue weighted by atomic mass is 32.2. The van der Waals surface area contributed by atoms with Gasteiger partial charge < -0.3 is 11.5 Å². The van der Waals surface area contributed by atoms with Crippen molar-refractivity contribution < 1.29 is 9.59 Å². The highest BCUT2D eigenvalue weighted by molar-refractivity contribution is 7.98. The Hall–Kier alpha value is -1.95. The van der Waals surface area contributed by atoms with E-state index in [0.717, 1.165) is 21.4 Å². The van der Waals surface area contributed by atoms with Crippen molar-refractivity contribution in [2.75, 3.05) is 6.26 Å². The molecule has 5 nitrogen and oxygen atoms in total. The van der Waals surface area contributed by atoms with Crippen molar-refractivity contribution in [3.05, 3.63) is 30.0 Å². The Morgan fingerprint density at radius 1 is 1.29 bits per heavy atom. The maximum absolute atomic E-state index is 11.6. The molecule has 1 aromatic carbocycles. The van der Waals surface area contributed by atoms with E-state index in [1.54, 1.807) is 31.8 Å². The summed E-state index contributed by atoms with van der Waals surface area (Å²) >= 11 is 1.59. The van der Waals surface area contributed by atoms with Crippen molar-refractivity contribution in [3.63, 3.8) is 0 Å². The third-order valence-corrected chi connectivity index (χ3v) is 4.36. The van der Waals surface area contributed by atoms with Gasteiger partial charge in [0.15, 0.2) is 0 Å². The topological polar surface area (TPSA) is 91.1 Å². The molecule has 2 rings (SSSR count). The van der Waals surface area contributed by atoms with Crippen LogP contribution in [0.4, 0.5) is 4.79 Å². The molecule has 0 saturated heterocycles. The molecular formula is C15H19N3O2S. The minimum Gasteiger partial charge on any atom is -0.369 e. The van der Waals surface area contributed by atoms with Crippen molar-refractivity contribution in [3.8, 4) is 0 Å². The number of nitrogens with two attached hydrogens (primary N) is 2. The fourth-order valence-electron chi connectivity index (χ4n) is 2.29. The van der Waals surface area contributed by atoms with E-state index in [2.05, 4.69) is 0 Å². The number of amides is 2. The van der Waals surface area contributed by atoms with Crippen LogP contribution in [-0.4, -0.2) is 22.8 Å². The number of fused-ring (bicyclic) bond motifs is 1. The quantitative estimate of drug-likeness (QED) is 0.849. The van der Waals surface area contributed by atoms with Crippen LogP contribution >= 0.6 is 11.8 Å². The molecule has 0 bridgehead atoms. The van der Waals surface area contributed by atoms with Gasteiger partial charge in [-0.2, -0.15) is 0 Å². The van der Waals surface area contributed by atoms with Crippen molar-refractivity contribution in [1.29, 1.82) is 0 Å². The molecule has 0 unspecified atom stereocenters. The molecule has 0 spiro atoms. The standard InChI is InChI=1S/C15H19N3O2S/c1-15(2,13(16)19)7-9-8-18(14(17)20)12-6-10(21-3)4-5-11(9)12/h4-6,8H,7H2,1-3H3,(H2,16,19)(H2,17,20). The second kappa shape index (κ2) is 5.44. The Labute approximate surface area is 127 Å². The molecule has 0 aliphatic carbocycles. The normalized spacial score (nSPS) is 11.8. The van der Waals surface area contributed by atoms with Gasteiger partial charge in [-0.3, -0.25) is 9.36 Å². The first-order valence-electron chi connectivity index (χ1n) is 6.54. The molecular weight excluding hydrogens is 286 g/mol. The van der Waals surface area contributed by atoms with Gasteiger partial charge >= 0.3 is 6.03 Å². The molecule has 2 aromatic rings. The third-order valence-electron chi connectivity index (χ3n) is 3.63. The van der Waals surface area contributed by atoms with Gasteiger partial charge in [0.2, 0.25) is 5.91 Å². The first kappa shape index (κ1) is 15.4. The van der Waals surface area contributed by atoms with Crippen molar-refractivity contribution in [2.24, 2.45) is 16.9 Å². The Morgan fingerprint density at radius 2 is 1.95 bits per heavy atom. The molecule has 0 atom stereocenters. The van der Waals surface area contributed by atoms with Crippen LogP contribution in [-0.2, 0) is 11.2 Å². The van der Waals surface area contributed by atoms with Crippen molar-refractivity contribution in [1.82, 2.24) is 4.57 Å². The number of carbonyl (C=O) groups excluding carboxylic acids is 2. The fraction of sp³-hybridized carbons (Fsp3) is 0.333. The molecule has 0 saturated carbocycles. The van der Waals surface area contributed by atoms with E-state index < -0.39 is 11.4 Å². The van der Waals surface area contributed by atoms with Gasteiger partial charge in [-0.15, -0.1) is 11.8 Å². The summed E-state index contributed by atoms with van der Waals surface area (Å²) in [5.74, 6) is -0.372. The Kier molecular flexibility index (Phi) is 4.00. The van der Waals surface area contributed by atoms with Gasteiger partial charge in [0, 0.05) is 21.9 Å². The average Bonchev–Trinajstić information content (AvgIpc) is 2.76. The lowest BCUT2D eigenvalue weighted by Gasteiger charge is -2.19. The first-order chi connectivity index (χ1) is 9.76. The number of carbonyl (C=O) groups is 2. The summed E-state index contributed by atoms with van der Waals surface area (Å²) in [5, 5.41) is 0.918. The summed E-state index contributed by atoms with van der Waals surface area (Å²) in [4.78, 5) is 24.2.